The molecular formula is C3H10KO3PS. The zero-order valence-corrected chi connectivity index (χ0v) is 6.40. The minimum absolute atomic E-state index is 0. The van der Waals surface area contributed by atoms with Gasteiger partial charge >= 0.3 is 59.6 Å². The van der Waals surface area contributed by atoms with Crippen molar-refractivity contribution >= 4 is 71.7 Å². The quantitative estimate of drug-likeness (QED) is 0.312. The second kappa shape index (κ2) is 10.1. The molecule has 0 aromatic carbocycles. The fourth-order valence-corrected chi connectivity index (χ4v) is 1.08. The molecule has 0 saturated carbocycles. The molecule has 0 aliphatic rings. The molecule has 1 N–H and O–H groups in total. The van der Waals surface area contributed by atoms with E-state index in [4.69, 9.17) is 4.89 Å². The number of rotatable bonds is 4. The maximum absolute atomic E-state index is 9.82. The van der Waals surface area contributed by atoms with Gasteiger partial charge in [-0.1, -0.05) is 6.92 Å². The van der Waals surface area contributed by atoms with Gasteiger partial charge in [0.2, 0.25) is 0 Å². The Kier molecular flexibility index (Phi) is 15.4. The van der Waals surface area contributed by atoms with Crippen LogP contribution in [0.5, 0.6) is 0 Å². The molecule has 1 unspecified atom stereocenters. The van der Waals surface area contributed by atoms with E-state index in [0.717, 1.165) is 24.2 Å². The summed E-state index contributed by atoms with van der Waals surface area (Å²) < 4.78 is 14.1. The van der Waals surface area contributed by atoms with Crippen LogP contribution in [-0.4, -0.2) is 62.0 Å². The van der Waals surface area contributed by atoms with Gasteiger partial charge in [-0.25, -0.2) is 3.97 Å². The van der Waals surface area contributed by atoms with Crippen LogP contribution in [0.15, 0.2) is 0 Å². The van der Waals surface area contributed by atoms with E-state index in [1.807, 2.05) is 6.92 Å². The van der Waals surface area contributed by atoms with Crippen LogP contribution in [0.4, 0.5) is 0 Å². The van der Waals surface area contributed by atoms with Crippen LogP contribution >= 0.6 is 20.3 Å². The van der Waals surface area contributed by atoms with E-state index in [-0.39, 0.29) is 51.4 Å². The van der Waals surface area contributed by atoms with E-state index in [9.17, 15) is 4.57 Å². The van der Waals surface area contributed by atoms with E-state index < -0.39 is 8.25 Å². The van der Waals surface area contributed by atoms with Crippen LogP contribution in [0, 0.1) is 0 Å². The first-order valence-electron chi connectivity index (χ1n) is 2.29. The topological polar surface area (TPSA) is 46.5 Å². The van der Waals surface area contributed by atoms with Gasteiger partial charge in [0, 0.05) is 17.8 Å². The van der Waals surface area contributed by atoms with Crippen molar-refractivity contribution in [1.82, 2.24) is 0 Å². The summed E-state index contributed by atoms with van der Waals surface area (Å²) >= 11 is 1.04. The third kappa shape index (κ3) is 13.2. The Morgan fingerprint density at radius 1 is 1.78 bits per heavy atom. The second-order valence-corrected chi connectivity index (χ2v) is 3.01. The molecule has 0 aliphatic heterocycles. The number of hydrogen-bond acceptors (Lipinski definition) is 3. The van der Waals surface area contributed by atoms with E-state index in [1.165, 1.54) is 0 Å². The average molecular weight is 196 g/mol. The van der Waals surface area contributed by atoms with Gasteiger partial charge in [-0.2, -0.15) is 0 Å². The molecular weight excluding hydrogens is 186 g/mol. The Balaban J connectivity index is 0. The fraction of sp³-hybridized carbons (Fsp3) is 1.00. The van der Waals surface area contributed by atoms with Crippen molar-refractivity contribution in [3.8, 4) is 0 Å². The fourth-order valence-electron chi connectivity index (χ4n) is 0.175. The van der Waals surface area contributed by atoms with Gasteiger partial charge in [-0.15, -0.1) is 0 Å². The molecule has 0 aromatic rings. The van der Waals surface area contributed by atoms with Crippen molar-refractivity contribution in [2.24, 2.45) is 0 Å². The molecule has 3 nitrogen and oxygen atoms in total. The van der Waals surface area contributed by atoms with Gasteiger partial charge in [0.25, 0.3) is 0 Å². The maximum atomic E-state index is 9.82. The normalized spacial score (nSPS) is 12.2. The molecule has 0 bridgehead atoms. The average Bonchev–Trinajstić information content (AvgIpc) is 1.66. The Morgan fingerprint density at radius 3 is 2.67 bits per heavy atom. The molecule has 9 heavy (non-hydrogen) atoms. The second-order valence-electron chi connectivity index (χ2n) is 1.17. The van der Waals surface area contributed by atoms with Crippen LogP contribution in [0.3, 0.4) is 0 Å². The Labute approximate surface area is 103 Å². The predicted molar refractivity (Wildman–Crippen MR) is 42.2 cm³/mol. The van der Waals surface area contributed by atoms with Gasteiger partial charge in [-0.3, -0.25) is 4.57 Å². The Morgan fingerprint density at radius 2 is 2.33 bits per heavy atom. The summed E-state index contributed by atoms with van der Waals surface area (Å²) in [6, 6.07) is 0. The first-order valence-corrected chi connectivity index (χ1v) is 4.47. The summed E-state index contributed by atoms with van der Waals surface area (Å²) in [4.78, 5) is 8.08. The van der Waals surface area contributed by atoms with Gasteiger partial charge in [0.05, 0.1) is 0 Å². The van der Waals surface area contributed by atoms with Crippen molar-refractivity contribution in [2.45, 2.75) is 13.3 Å². The van der Waals surface area contributed by atoms with Crippen molar-refractivity contribution in [1.29, 1.82) is 0 Å². The molecule has 0 aromatic heterocycles. The first kappa shape index (κ1) is 13.7. The van der Waals surface area contributed by atoms with Gasteiger partial charge in [-0.05, 0) is 6.42 Å². The van der Waals surface area contributed by atoms with E-state index in [2.05, 4.69) is 3.97 Å². The third-order valence-electron chi connectivity index (χ3n) is 0.418. The van der Waals surface area contributed by atoms with Crippen LogP contribution in [-0.2, 0) is 8.54 Å². The summed E-state index contributed by atoms with van der Waals surface area (Å²) in [5, 5.41) is 0. The van der Waals surface area contributed by atoms with Gasteiger partial charge in [0.1, 0.15) is 0 Å². The zero-order chi connectivity index (χ0) is 6.41. The third-order valence-corrected chi connectivity index (χ3v) is 2.03. The summed E-state index contributed by atoms with van der Waals surface area (Å²) in [6.45, 7) is 1.98. The summed E-state index contributed by atoms with van der Waals surface area (Å²) in [5.41, 5.74) is 0. The molecule has 0 amide bonds. The van der Waals surface area contributed by atoms with E-state index in [1.54, 1.807) is 0 Å². The molecule has 0 fully saturated rings. The molecule has 1 atom stereocenters. The van der Waals surface area contributed by atoms with Crippen LogP contribution in [0.25, 0.3) is 0 Å². The predicted octanol–water partition coefficient (Wildman–Crippen LogP) is 0.795. The summed E-state index contributed by atoms with van der Waals surface area (Å²) in [7, 11) is -2.69. The molecule has 52 valence electrons. The van der Waals surface area contributed by atoms with Crippen molar-refractivity contribution in [2.75, 3.05) is 5.75 Å². The summed E-state index contributed by atoms with van der Waals surface area (Å²) in [5.74, 6) is 0.775. The van der Waals surface area contributed by atoms with Crippen molar-refractivity contribution in [3.05, 3.63) is 0 Å². The van der Waals surface area contributed by atoms with Crippen LogP contribution in [0.1, 0.15) is 13.3 Å². The standard InChI is InChI=1S/C3H9O3PS.K.H/c1-2-3-8-6-7(4)5;;/h7H,2-3H2,1H3,(H,4,5);;. The molecule has 0 rings (SSSR count). The molecule has 0 saturated heterocycles. The molecule has 0 spiro atoms. The van der Waals surface area contributed by atoms with E-state index in [0.29, 0.717) is 0 Å². The summed E-state index contributed by atoms with van der Waals surface area (Å²) in [6.07, 6.45) is 0.958. The molecule has 0 radical (unpaired) electrons. The Bertz CT molecular complexity index is 81.5. The Hall–Kier alpha value is 2.14. The van der Waals surface area contributed by atoms with Gasteiger partial charge < -0.3 is 4.89 Å². The number of hydrogen-bond donors (Lipinski definition) is 1. The SMILES string of the molecule is CCCSO[PH](=O)O.[KH]. The molecule has 6 heteroatoms. The molecule has 0 heterocycles. The minimum atomic E-state index is -2.69. The zero-order valence-electron chi connectivity index (χ0n) is 4.59. The van der Waals surface area contributed by atoms with E-state index >= 15 is 0 Å². The van der Waals surface area contributed by atoms with Crippen LogP contribution in [0.2, 0.25) is 0 Å². The molecule has 0 aliphatic carbocycles. The monoisotopic (exact) mass is 196 g/mol. The van der Waals surface area contributed by atoms with Gasteiger partial charge in [0.15, 0.2) is 0 Å². The van der Waals surface area contributed by atoms with Crippen LogP contribution < -0.4 is 0 Å². The first-order chi connectivity index (χ1) is 3.77. The van der Waals surface area contributed by atoms with Crippen molar-refractivity contribution in [3.63, 3.8) is 0 Å². The van der Waals surface area contributed by atoms with Crippen molar-refractivity contribution < 1.29 is 13.4 Å².